The zero-order valence-electron chi connectivity index (χ0n) is 15.4. The van der Waals surface area contributed by atoms with Gasteiger partial charge in [-0.25, -0.2) is 4.98 Å². The van der Waals surface area contributed by atoms with Crippen LogP contribution in [0.1, 0.15) is 53.5 Å². The van der Waals surface area contributed by atoms with Crippen molar-refractivity contribution in [1.29, 1.82) is 0 Å². The Bertz CT molecular complexity index is 1010. The fourth-order valence-corrected chi connectivity index (χ4v) is 2.92. The number of pyridine rings is 1. The van der Waals surface area contributed by atoms with Crippen LogP contribution in [0.5, 0.6) is 0 Å². The number of carboxylic acids is 1. The van der Waals surface area contributed by atoms with Gasteiger partial charge in [0.25, 0.3) is 11.6 Å². The molecule has 0 aliphatic heterocycles. The van der Waals surface area contributed by atoms with Crippen LogP contribution < -0.4 is 5.32 Å². The van der Waals surface area contributed by atoms with Gasteiger partial charge in [0.05, 0.1) is 16.6 Å². The van der Waals surface area contributed by atoms with Gasteiger partial charge in [0.15, 0.2) is 0 Å². The topological polar surface area (TPSA) is 105 Å². The molecule has 0 bridgehead atoms. The minimum absolute atomic E-state index is 0.0417. The summed E-state index contributed by atoms with van der Waals surface area (Å²) in [7, 11) is 0. The standard InChI is InChI=1S/C20H21N3O4/c1-11(2)18-17-15(9-12(3)21-20(17)27-23-18)19(26)22-14-6-4-5-13(10-14)7-8-16(24)25/h4-6,9-11H,7-8H2,1-3H3,(H,22,26)(H,24,25). The second-order valence-corrected chi connectivity index (χ2v) is 6.76. The average Bonchev–Trinajstić information content (AvgIpc) is 3.03. The molecule has 0 radical (unpaired) electrons. The summed E-state index contributed by atoms with van der Waals surface area (Å²) < 4.78 is 5.31. The van der Waals surface area contributed by atoms with Gasteiger partial charge in [-0.15, -0.1) is 0 Å². The number of aryl methyl sites for hydroxylation is 2. The molecule has 0 unspecified atom stereocenters. The SMILES string of the molecule is Cc1cc(C(=O)Nc2cccc(CCC(=O)O)c2)c2c(C(C)C)noc2n1. The fourth-order valence-electron chi connectivity index (χ4n) is 2.92. The number of nitrogens with zero attached hydrogens (tertiary/aromatic N) is 2. The minimum Gasteiger partial charge on any atom is -0.481 e. The molecule has 1 aromatic carbocycles. The smallest absolute Gasteiger partial charge is 0.303 e. The van der Waals surface area contributed by atoms with E-state index in [4.69, 9.17) is 9.63 Å². The van der Waals surface area contributed by atoms with E-state index in [1.165, 1.54) is 0 Å². The van der Waals surface area contributed by atoms with Crippen LogP contribution in [0, 0.1) is 6.92 Å². The molecule has 2 N–H and O–H groups in total. The summed E-state index contributed by atoms with van der Waals surface area (Å²) in [6.07, 6.45) is 0.445. The van der Waals surface area contributed by atoms with Crippen LogP contribution in [-0.4, -0.2) is 27.1 Å². The van der Waals surface area contributed by atoms with Gasteiger partial charge in [-0.2, -0.15) is 0 Å². The van der Waals surface area contributed by atoms with Crippen molar-refractivity contribution in [1.82, 2.24) is 10.1 Å². The molecule has 0 aliphatic rings. The summed E-state index contributed by atoms with van der Waals surface area (Å²) in [5.74, 6) is -1.06. The van der Waals surface area contributed by atoms with Crippen molar-refractivity contribution in [2.45, 2.75) is 39.5 Å². The number of carbonyl (C=O) groups excluding carboxylic acids is 1. The van der Waals surface area contributed by atoms with Crippen molar-refractivity contribution < 1.29 is 19.2 Å². The molecule has 3 rings (SSSR count). The van der Waals surface area contributed by atoms with Crippen LogP contribution in [0.2, 0.25) is 0 Å². The molecular formula is C20H21N3O4. The number of carbonyl (C=O) groups is 2. The molecule has 140 valence electrons. The highest BCUT2D eigenvalue weighted by atomic mass is 16.5. The van der Waals surface area contributed by atoms with E-state index in [1.54, 1.807) is 31.2 Å². The van der Waals surface area contributed by atoms with E-state index in [2.05, 4.69) is 15.5 Å². The molecule has 0 saturated heterocycles. The number of anilines is 1. The highest BCUT2D eigenvalue weighted by molar-refractivity contribution is 6.12. The van der Waals surface area contributed by atoms with Crippen molar-refractivity contribution in [3.63, 3.8) is 0 Å². The number of aromatic nitrogens is 2. The van der Waals surface area contributed by atoms with Crippen molar-refractivity contribution >= 4 is 28.7 Å². The molecule has 27 heavy (non-hydrogen) atoms. The Hall–Kier alpha value is -3.22. The second kappa shape index (κ2) is 7.57. The van der Waals surface area contributed by atoms with Gasteiger partial charge in [-0.1, -0.05) is 31.1 Å². The van der Waals surface area contributed by atoms with E-state index in [9.17, 15) is 9.59 Å². The number of benzene rings is 1. The highest BCUT2D eigenvalue weighted by Gasteiger charge is 2.21. The number of hydrogen-bond donors (Lipinski definition) is 2. The largest absolute Gasteiger partial charge is 0.481 e. The van der Waals surface area contributed by atoms with Gasteiger partial charge < -0.3 is 14.9 Å². The van der Waals surface area contributed by atoms with Gasteiger partial charge in [0.2, 0.25) is 0 Å². The summed E-state index contributed by atoms with van der Waals surface area (Å²) in [6, 6.07) is 8.89. The van der Waals surface area contributed by atoms with E-state index in [0.29, 0.717) is 40.2 Å². The van der Waals surface area contributed by atoms with Crippen molar-refractivity contribution in [2.75, 3.05) is 5.32 Å². The van der Waals surface area contributed by atoms with E-state index in [-0.39, 0.29) is 18.2 Å². The number of rotatable bonds is 6. The molecule has 0 spiro atoms. The van der Waals surface area contributed by atoms with Crippen molar-refractivity contribution in [3.05, 3.63) is 52.8 Å². The maximum absolute atomic E-state index is 12.9. The van der Waals surface area contributed by atoms with Crippen molar-refractivity contribution in [3.8, 4) is 0 Å². The third kappa shape index (κ3) is 4.13. The van der Waals surface area contributed by atoms with E-state index in [1.807, 2.05) is 19.9 Å². The molecule has 0 fully saturated rings. The zero-order valence-corrected chi connectivity index (χ0v) is 15.4. The van der Waals surface area contributed by atoms with Crippen LogP contribution in [0.3, 0.4) is 0 Å². The maximum Gasteiger partial charge on any atom is 0.303 e. The van der Waals surface area contributed by atoms with E-state index in [0.717, 1.165) is 5.56 Å². The van der Waals surface area contributed by atoms with E-state index < -0.39 is 5.97 Å². The molecular weight excluding hydrogens is 346 g/mol. The quantitative estimate of drug-likeness (QED) is 0.684. The first-order valence-electron chi connectivity index (χ1n) is 8.74. The fraction of sp³-hybridized carbons (Fsp3) is 0.300. The highest BCUT2D eigenvalue weighted by Crippen LogP contribution is 2.28. The van der Waals surface area contributed by atoms with Gasteiger partial charge in [0.1, 0.15) is 0 Å². The van der Waals surface area contributed by atoms with Gasteiger partial charge in [-0.3, -0.25) is 9.59 Å². The predicted molar refractivity (Wildman–Crippen MR) is 101 cm³/mol. The molecule has 0 atom stereocenters. The molecule has 2 heterocycles. The summed E-state index contributed by atoms with van der Waals surface area (Å²) in [4.78, 5) is 28.0. The minimum atomic E-state index is -0.854. The van der Waals surface area contributed by atoms with Gasteiger partial charge in [-0.05, 0) is 43.0 Å². The number of hydrogen-bond acceptors (Lipinski definition) is 5. The molecule has 0 aliphatic carbocycles. The lowest BCUT2D eigenvalue weighted by molar-refractivity contribution is -0.136. The van der Waals surface area contributed by atoms with Gasteiger partial charge in [0, 0.05) is 17.8 Å². The van der Waals surface area contributed by atoms with E-state index >= 15 is 0 Å². The Morgan fingerprint density at radius 3 is 2.74 bits per heavy atom. The first-order chi connectivity index (χ1) is 12.8. The lowest BCUT2D eigenvalue weighted by atomic mass is 10.0. The molecule has 1 amide bonds. The zero-order chi connectivity index (χ0) is 19.6. The number of amides is 1. The maximum atomic E-state index is 12.9. The molecule has 0 saturated carbocycles. The normalized spacial score (nSPS) is 11.1. The summed E-state index contributed by atoms with van der Waals surface area (Å²) in [5.41, 5.74) is 3.61. The molecule has 7 heteroatoms. The van der Waals surface area contributed by atoms with Crippen molar-refractivity contribution in [2.24, 2.45) is 0 Å². The lowest BCUT2D eigenvalue weighted by Gasteiger charge is -2.09. The van der Waals surface area contributed by atoms with Crippen LogP contribution >= 0.6 is 0 Å². The molecule has 3 aromatic rings. The summed E-state index contributed by atoms with van der Waals surface area (Å²) >= 11 is 0. The third-order valence-electron chi connectivity index (χ3n) is 4.20. The lowest BCUT2D eigenvalue weighted by Crippen LogP contribution is -2.14. The first kappa shape index (κ1) is 18.6. The first-order valence-corrected chi connectivity index (χ1v) is 8.74. The van der Waals surface area contributed by atoms with Crippen LogP contribution in [-0.2, 0) is 11.2 Å². The predicted octanol–water partition coefficient (Wildman–Crippen LogP) is 3.92. The Balaban J connectivity index is 1.92. The third-order valence-corrected chi connectivity index (χ3v) is 4.20. The second-order valence-electron chi connectivity index (χ2n) is 6.76. The van der Waals surface area contributed by atoms with Crippen LogP contribution in [0.4, 0.5) is 5.69 Å². The number of nitrogens with one attached hydrogen (secondary N) is 1. The summed E-state index contributed by atoms with van der Waals surface area (Å²) in [5, 5.41) is 16.4. The molecule has 2 aromatic heterocycles. The Labute approximate surface area is 156 Å². The Kier molecular flexibility index (Phi) is 5.21. The number of aliphatic carboxylic acids is 1. The van der Waals surface area contributed by atoms with Gasteiger partial charge >= 0.3 is 5.97 Å². The number of carboxylic acid groups (broad SMARTS) is 1. The average molecular weight is 367 g/mol. The Morgan fingerprint density at radius 2 is 2.04 bits per heavy atom. The van der Waals surface area contributed by atoms with Crippen LogP contribution in [0.25, 0.3) is 11.1 Å². The monoisotopic (exact) mass is 367 g/mol. The number of fused-ring (bicyclic) bond motifs is 1. The summed E-state index contributed by atoms with van der Waals surface area (Å²) in [6.45, 7) is 5.75. The Morgan fingerprint density at radius 1 is 1.26 bits per heavy atom. The molecule has 7 nitrogen and oxygen atoms in total. The van der Waals surface area contributed by atoms with Crippen LogP contribution in [0.15, 0.2) is 34.9 Å².